The highest BCUT2D eigenvalue weighted by Gasteiger charge is 2.22. The number of nitrogens with zero attached hydrogens (tertiary/aromatic N) is 2. The molecule has 0 fully saturated rings. The van der Waals surface area contributed by atoms with Gasteiger partial charge in [-0.15, -0.1) is 0 Å². The number of rotatable bonds is 6. The van der Waals surface area contributed by atoms with Crippen LogP contribution in [0.25, 0.3) is 12.2 Å². The third kappa shape index (κ3) is 5.27. The molecular weight excluding hydrogens is 520 g/mol. The lowest BCUT2D eigenvalue weighted by Crippen LogP contribution is -2.17. The van der Waals surface area contributed by atoms with Crippen molar-refractivity contribution in [2.24, 2.45) is 0 Å². The zero-order valence-electron chi connectivity index (χ0n) is 24.0. The number of fused-ring (bicyclic) bond motifs is 1. The molecule has 2 bridgehead atoms. The largest absolute Gasteiger partial charge is 0.310 e. The fourth-order valence-electron chi connectivity index (χ4n) is 5.92. The predicted molar refractivity (Wildman–Crippen MR) is 183 cm³/mol. The second-order valence-corrected chi connectivity index (χ2v) is 10.7. The van der Waals surface area contributed by atoms with Gasteiger partial charge in [-0.05, 0) is 89.4 Å². The Morgan fingerprint density at radius 2 is 0.977 bits per heavy atom. The minimum absolute atomic E-state index is 0.851. The molecule has 0 atom stereocenters. The molecule has 206 valence electrons. The van der Waals surface area contributed by atoms with Gasteiger partial charge in [-0.25, -0.2) is 0 Å². The van der Waals surface area contributed by atoms with Gasteiger partial charge in [0.15, 0.2) is 0 Å². The van der Waals surface area contributed by atoms with E-state index in [1.807, 2.05) is 0 Å². The normalized spacial score (nSPS) is 16.8. The lowest BCUT2D eigenvalue weighted by atomic mass is 9.87. The van der Waals surface area contributed by atoms with Crippen molar-refractivity contribution >= 4 is 40.6 Å². The second-order valence-electron chi connectivity index (χ2n) is 10.7. The maximum Gasteiger partial charge on any atom is 0.0537 e. The number of benzene rings is 5. The van der Waals surface area contributed by atoms with Crippen molar-refractivity contribution < 1.29 is 0 Å². The summed E-state index contributed by atoms with van der Waals surface area (Å²) in [6, 6.07) is 46.7. The van der Waals surface area contributed by atoms with E-state index in [2.05, 4.69) is 186 Å². The molecule has 0 unspecified atom stereocenters. The van der Waals surface area contributed by atoms with Gasteiger partial charge in [0, 0.05) is 28.3 Å². The first-order valence-electron chi connectivity index (χ1n) is 14.7. The third-order valence-corrected chi connectivity index (χ3v) is 8.00. The fourth-order valence-corrected chi connectivity index (χ4v) is 5.92. The highest BCUT2D eigenvalue weighted by atomic mass is 15.2. The molecule has 0 saturated carbocycles. The molecule has 7 rings (SSSR count). The summed E-state index contributed by atoms with van der Waals surface area (Å²) in [7, 11) is 0. The van der Waals surface area contributed by atoms with Crippen LogP contribution in [0.1, 0.15) is 16.7 Å². The minimum atomic E-state index is 0.851. The van der Waals surface area contributed by atoms with Crippen LogP contribution in [0.2, 0.25) is 0 Å². The molecule has 0 aromatic heterocycles. The van der Waals surface area contributed by atoms with Crippen molar-refractivity contribution in [1.29, 1.82) is 0 Å². The molecule has 0 saturated heterocycles. The van der Waals surface area contributed by atoms with Gasteiger partial charge in [0.2, 0.25) is 0 Å². The minimum Gasteiger partial charge on any atom is -0.310 e. The average Bonchev–Trinajstić information content (AvgIpc) is 3.07. The first-order chi connectivity index (χ1) is 21.3. The maximum absolute atomic E-state index is 4.55. The van der Waals surface area contributed by atoms with Crippen LogP contribution in [-0.2, 0) is 6.42 Å². The van der Waals surface area contributed by atoms with Gasteiger partial charge in [0.25, 0.3) is 0 Å². The van der Waals surface area contributed by atoms with E-state index in [0.717, 1.165) is 40.4 Å². The SMILES string of the molecule is C=C1/C=C\c2ccc(N(c3ccccc3)c3ccccc3)c3c2C/C(=C\C=C/1N(c1ccccc1)c1ccccc1)C=C3. The van der Waals surface area contributed by atoms with E-state index in [1.165, 1.54) is 28.0 Å². The molecule has 0 aliphatic heterocycles. The lowest BCUT2D eigenvalue weighted by Gasteiger charge is -2.30. The Balaban J connectivity index is 1.35. The summed E-state index contributed by atoms with van der Waals surface area (Å²) in [6.45, 7) is 4.55. The summed E-state index contributed by atoms with van der Waals surface area (Å²) < 4.78 is 0. The van der Waals surface area contributed by atoms with E-state index in [9.17, 15) is 0 Å². The maximum atomic E-state index is 4.55. The van der Waals surface area contributed by atoms with Crippen LogP contribution >= 0.6 is 0 Å². The number of para-hydroxylation sites is 4. The molecule has 5 aromatic carbocycles. The summed E-state index contributed by atoms with van der Waals surface area (Å²) in [5, 5.41) is 0. The van der Waals surface area contributed by atoms with Gasteiger partial charge in [-0.3, -0.25) is 0 Å². The van der Waals surface area contributed by atoms with E-state index < -0.39 is 0 Å². The fraction of sp³-hybridized carbons (Fsp3) is 0.0244. The number of anilines is 5. The van der Waals surface area contributed by atoms with Crippen LogP contribution in [-0.4, -0.2) is 0 Å². The smallest absolute Gasteiger partial charge is 0.0537 e. The Morgan fingerprint density at radius 3 is 1.51 bits per heavy atom. The van der Waals surface area contributed by atoms with Gasteiger partial charge in [0.05, 0.1) is 11.4 Å². The summed E-state index contributed by atoms with van der Waals surface area (Å²) in [6.07, 6.45) is 14.2. The molecule has 0 spiro atoms. The molecule has 0 radical (unpaired) electrons. The van der Waals surface area contributed by atoms with E-state index in [0.29, 0.717) is 0 Å². The van der Waals surface area contributed by atoms with Crippen LogP contribution in [0.4, 0.5) is 28.4 Å². The Morgan fingerprint density at radius 1 is 0.465 bits per heavy atom. The quantitative estimate of drug-likeness (QED) is 0.207. The van der Waals surface area contributed by atoms with Gasteiger partial charge in [-0.2, -0.15) is 0 Å². The zero-order chi connectivity index (χ0) is 29.0. The highest BCUT2D eigenvalue weighted by Crippen LogP contribution is 2.42. The van der Waals surface area contributed by atoms with Crippen molar-refractivity contribution in [1.82, 2.24) is 0 Å². The summed E-state index contributed by atoms with van der Waals surface area (Å²) in [5.41, 5.74) is 12.7. The van der Waals surface area contributed by atoms with Crippen molar-refractivity contribution in [2.45, 2.75) is 6.42 Å². The molecule has 2 aliphatic carbocycles. The van der Waals surface area contributed by atoms with Gasteiger partial charge >= 0.3 is 0 Å². The van der Waals surface area contributed by atoms with Gasteiger partial charge in [0.1, 0.15) is 0 Å². The average molecular weight is 553 g/mol. The second kappa shape index (κ2) is 11.7. The van der Waals surface area contributed by atoms with Crippen molar-refractivity contribution in [3.63, 3.8) is 0 Å². The summed E-state index contributed by atoms with van der Waals surface area (Å²) >= 11 is 0. The molecule has 2 aliphatic rings. The van der Waals surface area contributed by atoms with E-state index in [1.54, 1.807) is 0 Å². The Kier molecular flexibility index (Phi) is 7.17. The molecule has 0 heterocycles. The van der Waals surface area contributed by atoms with Crippen LogP contribution in [0, 0.1) is 0 Å². The molecule has 2 nitrogen and oxygen atoms in total. The Labute approximate surface area is 254 Å². The van der Waals surface area contributed by atoms with E-state index in [-0.39, 0.29) is 0 Å². The molecular formula is C41H32N2. The standard InChI is InChI=1S/C41H32N2/c1-31-22-25-33-26-29-41(43(36-18-10-4-11-19-36)37-20-12-5-13-21-37)38-27-23-32(30-39(33)38)24-28-40(31)42(34-14-6-2-7-15-34)35-16-8-3-9-17-35/h2-29H,1,30H2/b25-22-,32-24-,40-28+. The van der Waals surface area contributed by atoms with Crippen molar-refractivity contribution in [2.75, 3.05) is 9.80 Å². The van der Waals surface area contributed by atoms with Gasteiger partial charge in [-0.1, -0.05) is 116 Å². The van der Waals surface area contributed by atoms with Gasteiger partial charge < -0.3 is 9.80 Å². The summed E-state index contributed by atoms with van der Waals surface area (Å²) in [5.74, 6) is 0. The Hall–Kier alpha value is -5.60. The number of hydrogen-bond acceptors (Lipinski definition) is 2. The first kappa shape index (κ1) is 26.3. The first-order valence-corrected chi connectivity index (χ1v) is 14.7. The topological polar surface area (TPSA) is 6.48 Å². The molecule has 43 heavy (non-hydrogen) atoms. The monoisotopic (exact) mass is 552 g/mol. The Bertz CT molecular complexity index is 1800. The van der Waals surface area contributed by atoms with Crippen molar-refractivity contribution in [3.05, 3.63) is 198 Å². The van der Waals surface area contributed by atoms with E-state index in [4.69, 9.17) is 0 Å². The molecule has 2 heteroatoms. The lowest BCUT2D eigenvalue weighted by molar-refractivity contribution is 1.14. The predicted octanol–water partition coefficient (Wildman–Crippen LogP) is 11.0. The number of allylic oxidation sites excluding steroid dienone is 5. The van der Waals surface area contributed by atoms with Crippen LogP contribution in [0.5, 0.6) is 0 Å². The third-order valence-electron chi connectivity index (χ3n) is 8.00. The van der Waals surface area contributed by atoms with Crippen molar-refractivity contribution in [3.8, 4) is 0 Å². The van der Waals surface area contributed by atoms with Crippen LogP contribution in [0.15, 0.2) is 181 Å². The molecule has 5 aromatic rings. The highest BCUT2D eigenvalue weighted by molar-refractivity contribution is 5.87. The van der Waals surface area contributed by atoms with Crippen LogP contribution in [0.3, 0.4) is 0 Å². The van der Waals surface area contributed by atoms with E-state index >= 15 is 0 Å². The molecule has 0 amide bonds. The summed E-state index contributed by atoms with van der Waals surface area (Å²) in [4.78, 5) is 4.64. The molecule has 0 N–H and O–H groups in total. The zero-order valence-corrected chi connectivity index (χ0v) is 24.0. The van der Waals surface area contributed by atoms with Crippen LogP contribution < -0.4 is 9.80 Å². The number of hydrogen-bond donors (Lipinski definition) is 0.